The van der Waals surface area contributed by atoms with E-state index in [1.165, 1.54) is 34.8 Å². The van der Waals surface area contributed by atoms with Crippen LogP contribution >= 0.6 is 0 Å². The summed E-state index contributed by atoms with van der Waals surface area (Å²) in [4.78, 5) is 109. The van der Waals surface area contributed by atoms with E-state index in [9.17, 15) is 38.7 Å². The van der Waals surface area contributed by atoms with Gasteiger partial charge in [-0.25, -0.2) is 15.0 Å². The number of carbonyl (C=O) groups excluding carboxylic acids is 3. The van der Waals surface area contributed by atoms with Crippen LogP contribution in [-0.4, -0.2) is 101 Å². The minimum atomic E-state index is -1.14. The standard InChI is InChI=1S/C51H58N10O11/c1-32-54-40(43(49(67)58(32)4)70-29-35-16-10-7-11-17-35)46(64)52-24-26-61(27-25-53-47(65)41-44(50(68)59(5)33(2)55-41)71-30-36-18-12-8-13-19-36)28-38(22-23-39(62)63)57-48(66)42-45(51(69)60(6)34(3)56-42)72-31-37-20-14-9-15-21-37/h7-21,38H,22-31H2,1-6H3,(H,52,64)(H,53,65)(H,57,66)(H,62,63). The van der Waals surface area contributed by atoms with Crippen molar-refractivity contribution in [1.82, 2.24) is 49.5 Å². The predicted molar refractivity (Wildman–Crippen MR) is 264 cm³/mol. The Morgan fingerprint density at radius 1 is 0.556 bits per heavy atom. The number of benzene rings is 3. The average Bonchev–Trinajstić information content (AvgIpc) is 3.37. The molecular weight excluding hydrogens is 929 g/mol. The Labute approximate surface area is 414 Å². The maximum absolute atomic E-state index is 14.2. The largest absolute Gasteiger partial charge is 0.481 e. The van der Waals surface area contributed by atoms with E-state index in [1.807, 2.05) is 66.7 Å². The number of hydrogen-bond acceptors (Lipinski definition) is 14. The van der Waals surface area contributed by atoms with Crippen molar-refractivity contribution in [1.29, 1.82) is 0 Å². The van der Waals surface area contributed by atoms with Crippen molar-refractivity contribution in [3.05, 3.63) is 173 Å². The molecule has 0 aliphatic carbocycles. The summed E-state index contributed by atoms with van der Waals surface area (Å²) in [5.74, 6) is -3.44. The quantitative estimate of drug-likeness (QED) is 0.0680. The first-order chi connectivity index (χ1) is 34.5. The van der Waals surface area contributed by atoms with Gasteiger partial charge in [0.1, 0.15) is 37.3 Å². The molecule has 0 radical (unpaired) electrons. The molecule has 21 nitrogen and oxygen atoms in total. The summed E-state index contributed by atoms with van der Waals surface area (Å²) >= 11 is 0. The van der Waals surface area contributed by atoms with Crippen molar-refractivity contribution in [3.63, 3.8) is 0 Å². The van der Waals surface area contributed by atoms with Gasteiger partial charge in [0.2, 0.25) is 17.2 Å². The van der Waals surface area contributed by atoms with Crippen LogP contribution < -0.4 is 46.8 Å². The summed E-state index contributed by atoms with van der Waals surface area (Å²) < 4.78 is 21.5. The third-order valence-corrected chi connectivity index (χ3v) is 11.7. The van der Waals surface area contributed by atoms with Gasteiger partial charge in [0.15, 0.2) is 17.1 Å². The summed E-state index contributed by atoms with van der Waals surface area (Å²) in [6, 6.07) is 26.3. The minimum Gasteiger partial charge on any atom is -0.481 e. The second-order valence-corrected chi connectivity index (χ2v) is 16.8. The lowest BCUT2D eigenvalue weighted by Gasteiger charge is -2.28. The van der Waals surface area contributed by atoms with E-state index < -0.39 is 46.4 Å². The van der Waals surface area contributed by atoms with Crippen molar-refractivity contribution in [2.24, 2.45) is 21.1 Å². The van der Waals surface area contributed by atoms with E-state index in [2.05, 4.69) is 30.9 Å². The molecule has 0 spiro atoms. The zero-order valence-corrected chi connectivity index (χ0v) is 41.0. The lowest BCUT2D eigenvalue weighted by atomic mass is 10.1. The SMILES string of the molecule is Cc1nc(C(=O)NCCN(CCNC(=O)c2nc(C)n(C)c(=O)c2OCc2ccccc2)CC(CCC(=O)O)NC(=O)c2nc(C)n(C)c(=O)c2OCc2ccccc2)c(OCc2ccccc2)c(=O)n1C. The number of carboxylic acid groups (broad SMARTS) is 1. The third-order valence-electron chi connectivity index (χ3n) is 11.7. The third kappa shape index (κ3) is 13.9. The molecule has 72 heavy (non-hydrogen) atoms. The molecule has 378 valence electrons. The van der Waals surface area contributed by atoms with Gasteiger partial charge in [-0.2, -0.15) is 0 Å². The van der Waals surface area contributed by atoms with Gasteiger partial charge in [0, 0.05) is 66.3 Å². The maximum atomic E-state index is 14.2. The summed E-state index contributed by atoms with van der Waals surface area (Å²) in [5.41, 5.74) is -0.274. The Morgan fingerprint density at radius 3 is 1.22 bits per heavy atom. The zero-order chi connectivity index (χ0) is 51.9. The Morgan fingerprint density at radius 2 is 0.889 bits per heavy atom. The van der Waals surface area contributed by atoms with Crippen LogP contribution in [0.5, 0.6) is 17.2 Å². The van der Waals surface area contributed by atoms with Crippen LogP contribution in [0.3, 0.4) is 0 Å². The van der Waals surface area contributed by atoms with Gasteiger partial charge >= 0.3 is 5.97 Å². The molecule has 0 aliphatic rings. The topological polar surface area (TPSA) is 260 Å². The molecule has 21 heteroatoms. The number of carbonyl (C=O) groups is 4. The minimum absolute atomic E-state index is 0.00930. The van der Waals surface area contributed by atoms with E-state index >= 15 is 0 Å². The number of carboxylic acids is 1. The lowest BCUT2D eigenvalue weighted by Crippen LogP contribution is -2.48. The normalized spacial score (nSPS) is 11.4. The Bertz CT molecular complexity index is 2940. The second-order valence-electron chi connectivity index (χ2n) is 16.8. The summed E-state index contributed by atoms with van der Waals surface area (Å²) in [6.45, 7) is 4.56. The van der Waals surface area contributed by atoms with Crippen molar-refractivity contribution in [2.75, 3.05) is 32.7 Å². The number of aryl methyl sites for hydroxylation is 3. The van der Waals surface area contributed by atoms with Crippen LogP contribution in [0.25, 0.3) is 0 Å². The van der Waals surface area contributed by atoms with Gasteiger partial charge in [0.05, 0.1) is 0 Å². The summed E-state index contributed by atoms with van der Waals surface area (Å²) in [5, 5.41) is 18.2. The van der Waals surface area contributed by atoms with Gasteiger partial charge in [-0.15, -0.1) is 0 Å². The van der Waals surface area contributed by atoms with E-state index in [-0.39, 0.29) is 117 Å². The molecular formula is C51H58N10O11. The zero-order valence-electron chi connectivity index (χ0n) is 41.0. The molecule has 3 aromatic heterocycles. The highest BCUT2D eigenvalue weighted by Gasteiger charge is 2.27. The highest BCUT2D eigenvalue weighted by atomic mass is 16.5. The molecule has 6 rings (SSSR count). The van der Waals surface area contributed by atoms with Crippen molar-refractivity contribution in [3.8, 4) is 17.2 Å². The molecule has 1 unspecified atom stereocenters. The molecule has 0 fully saturated rings. The fourth-order valence-electron chi connectivity index (χ4n) is 7.29. The maximum Gasteiger partial charge on any atom is 0.303 e. The molecule has 3 amide bonds. The molecule has 0 aliphatic heterocycles. The van der Waals surface area contributed by atoms with Crippen LogP contribution in [0.1, 0.15) is 78.5 Å². The highest BCUT2D eigenvalue weighted by molar-refractivity contribution is 5.96. The van der Waals surface area contributed by atoms with Gasteiger partial charge in [-0.1, -0.05) is 91.0 Å². The van der Waals surface area contributed by atoms with E-state index in [0.29, 0.717) is 0 Å². The lowest BCUT2D eigenvalue weighted by molar-refractivity contribution is -0.137. The smallest absolute Gasteiger partial charge is 0.303 e. The fraction of sp³-hybridized carbons (Fsp3) is 0.333. The number of aliphatic carboxylic acids is 1. The summed E-state index contributed by atoms with van der Waals surface area (Å²) in [6.07, 6.45) is -0.455. The first-order valence-electron chi connectivity index (χ1n) is 23.1. The number of amides is 3. The first-order valence-corrected chi connectivity index (χ1v) is 23.1. The highest BCUT2D eigenvalue weighted by Crippen LogP contribution is 2.18. The van der Waals surface area contributed by atoms with Gasteiger partial charge in [-0.05, 0) is 43.9 Å². The van der Waals surface area contributed by atoms with E-state index in [4.69, 9.17) is 14.2 Å². The molecule has 1 atom stereocenters. The van der Waals surface area contributed by atoms with Gasteiger partial charge in [0.25, 0.3) is 34.4 Å². The van der Waals surface area contributed by atoms with E-state index in [0.717, 1.165) is 16.7 Å². The predicted octanol–water partition coefficient (Wildman–Crippen LogP) is 2.76. The molecule has 3 heterocycles. The van der Waals surface area contributed by atoms with Crippen LogP contribution in [0.4, 0.5) is 0 Å². The monoisotopic (exact) mass is 986 g/mol. The van der Waals surface area contributed by atoms with Crippen molar-refractivity contribution >= 4 is 23.7 Å². The van der Waals surface area contributed by atoms with Crippen molar-refractivity contribution < 1.29 is 38.5 Å². The number of ether oxygens (including phenoxy) is 3. The summed E-state index contributed by atoms with van der Waals surface area (Å²) in [7, 11) is 4.52. The Kier molecular flexibility index (Phi) is 18.3. The second kappa shape index (κ2) is 24.9. The van der Waals surface area contributed by atoms with Crippen LogP contribution in [-0.2, 0) is 45.8 Å². The van der Waals surface area contributed by atoms with Gasteiger partial charge in [-0.3, -0.25) is 52.2 Å². The fourth-order valence-corrected chi connectivity index (χ4v) is 7.29. The molecule has 0 bridgehead atoms. The van der Waals surface area contributed by atoms with Crippen LogP contribution in [0, 0.1) is 20.8 Å². The van der Waals surface area contributed by atoms with Gasteiger partial charge < -0.3 is 35.3 Å². The van der Waals surface area contributed by atoms with E-state index in [1.54, 1.807) is 49.9 Å². The molecule has 4 N–H and O–H groups in total. The number of aromatic nitrogens is 6. The molecule has 6 aromatic rings. The Hall–Kier alpha value is -8.46. The Balaban J connectivity index is 1.25. The average molecular weight is 987 g/mol. The molecule has 0 saturated heterocycles. The van der Waals surface area contributed by atoms with Crippen LogP contribution in [0.15, 0.2) is 105 Å². The molecule has 3 aromatic carbocycles. The van der Waals surface area contributed by atoms with Crippen molar-refractivity contribution in [2.45, 2.75) is 59.5 Å². The molecule has 0 saturated carbocycles. The van der Waals surface area contributed by atoms with Crippen LogP contribution in [0.2, 0.25) is 0 Å². The number of nitrogens with one attached hydrogen (secondary N) is 3. The number of nitrogens with zero attached hydrogens (tertiary/aromatic N) is 7. The number of hydrogen-bond donors (Lipinski definition) is 4. The number of rotatable bonds is 24. The first kappa shape index (κ1) is 52.9.